The third-order valence-electron chi connectivity index (χ3n) is 5.24. The summed E-state index contributed by atoms with van der Waals surface area (Å²) in [6.45, 7) is 1.97. The van der Waals surface area contributed by atoms with Crippen LogP contribution in [0.5, 0.6) is 0 Å². The lowest BCUT2D eigenvalue weighted by molar-refractivity contribution is -0.125. The molecule has 1 aromatic heterocycles. The Morgan fingerprint density at radius 3 is 2.78 bits per heavy atom. The van der Waals surface area contributed by atoms with Crippen LogP contribution in [0.2, 0.25) is 5.02 Å². The molecule has 7 heteroatoms. The Bertz CT molecular complexity index is 1140. The van der Waals surface area contributed by atoms with Crippen molar-refractivity contribution < 1.29 is 9.59 Å². The maximum atomic E-state index is 13.1. The van der Waals surface area contributed by atoms with E-state index in [1.54, 1.807) is 23.0 Å². The Morgan fingerprint density at radius 1 is 1.11 bits per heavy atom. The average Bonchev–Trinajstić information content (AvgIpc) is 3.16. The van der Waals surface area contributed by atoms with Crippen LogP contribution in [0.3, 0.4) is 0 Å². The molecule has 2 N–H and O–H groups in total. The predicted octanol–water partition coefficient (Wildman–Crippen LogP) is 3.41. The molecule has 2 aromatic carbocycles. The second-order valence-electron chi connectivity index (χ2n) is 6.93. The molecule has 3 aromatic rings. The van der Waals surface area contributed by atoms with E-state index < -0.39 is 5.41 Å². The Hall–Kier alpha value is -3.12. The van der Waals surface area contributed by atoms with Gasteiger partial charge in [-0.1, -0.05) is 35.4 Å². The quantitative estimate of drug-likeness (QED) is 0.681. The first-order chi connectivity index (χ1) is 13.0. The van der Waals surface area contributed by atoms with Crippen molar-refractivity contribution in [2.45, 2.75) is 18.8 Å². The zero-order valence-corrected chi connectivity index (χ0v) is 15.2. The average molecular weight is 379 g/mol. The van der Waals surface area contributed by atoms with E-state index in [9.17, 15) is 9.59 Å². The standard InChI is InChI=1S/C20H15ClN4O2/c1-11-5-6-16-14(7-11)20(19(27)23-16)9-17(26)24-18-15(20)10-22-25(18)13-4-2-3-12(21)8-13/h2-8,10H,9H2,1H3,(H,23,27)(H,24,26). The van der Waals surface area contributed by atoms with Crippen LogP contribution in [-0.4, -0.2) is 21.6 Å². The van der Waals surface area contributed by atoms with Crippen molar-refractivity contribution >= 4 is 34.9 Å². The number of aromatic nitrogens is 2. The molecule has 0 radical (unpaired) electrons. The van der Waals surface area contributed by atoms with Crippen LogP contribution in [0, 0.1) is 6.92 Å². The minimum atomic E-state index is -1.07. The monoisotopic (exact) mass is 378 g/mol. The van der Waals surface area contributed by atoms with Gasteiger partial charge < -0.3 is 10.6 Å². The fourth-order valence-corrected chi connectivity index (χ4v) is 4.20. The van der Waals surface area contributed by atoms with E-state index in [2.05, 4.69) is 15.7 Å². The van der Waals surface area contributed by atoms with E-state index >= 15 is 0 Å². The predicted molar refractivity (Wildman–Crippen MR) is 102 cm³/mol. The molecular weight excluding hydrogens is 364 g/mol. The first kappa shape index (κ1) is 16.1. The molecule has 0 aliphatic carbocycles. The molecule has 0 fully saturated rings. The van der Waals surface area contributed by atoms with Crippen LogP contribution >= 0.6 is 11.6 Å². The van der Waals surface area contributed by atoms with Gasteiger partial charge in [0, 0.05) is 22.7 Å². The number of rotatable bonds is 1. The fourth-order valence-electron chi connectivity index (χ4n) is 4.01. The van der Waals surface area contributed by atoms with Gasteiger partial charge in [-0.05, 0) is 36.8 Å². The normalized spacial score (nSPS) is 20.2. The molecule has 1 unspecified atom stereocenters. The summed E-state index contributed by atoms with van der Waals surface area (Å²) in [5.41, 5.74) is 2.90. The molecule has 2 amide bonds. The fraction of sp³-hybridized carbons (Fsp3) is 0.150. The summed E-state index contributed by atoms with van der Waals surface area (Å²) < 4.78 is 1.61. The van der Waals surface area contributed by atoms with Gasteiger partial charge in [-0.2, -0.15) is 5.10 Å². The maximum absolute atomic E-state index is 13.1. The van der Waals surface area contributed by atoms with Crippen molar-refractivity contribution in [2.24, 2.45) is 0 Å². The van der Waals surface area contributed by atoms with Crippen molar-refractivity contribution in [1.82, 2.24) is 9.78 Å². The van der Waals surface area contributed by atoms with Crippen molar-refractivity contribution in [2.75, 3.05) is 10.6 Å². The zero-order chi connectivity index (χ0) is 18.8. The number of fused-ring (bicyclic) bond motifs is 4. The van der Waals surface area contributed by atoms with Gasteiger partial charge in [-0.15, -0.1) is 0 Å². The Morgan fingerprint density at radius 2 is 1.96 bits per heavy atom. The lowest BCUT2D eigenvalue weighted by atomic mass is 9.71. The van der Waals surface area contributed by atoms with Crippen LogP contribution in [0.4, 0.5) is 11.5 Å². The zero-order valence-electron chi connectivity index (χ0n) is 14.4. The molecule has 2 aliphatic heterocycles. The molecule has 0 saturated carbocycles. The lowest BCUT2D eigenvalue weighted by Crippen LogP contribution is -2.43. The highest BCUT2D eigenvalue weighted by Crippen LogP contribution is 2.50. The number of halogens is 1. The Balaban J connectivity index is 1.77. The van der Waals surface area contributed by atoms with Crippen LogP contribution in [0.25, 0.3) is 5.69 Å². The van der Waals surface area contributed by atoms with E-state index in [1.807, 2.05) is 37.3 Å². The van der Waals surface area contributed by atoms with E-state index in [0.717, 1.165) is 16.8 Å². The minimum absolute atomic E-state index is 0.0452. The van der Waals surface area contributed by atoms with Crippen molar-refractivity contribution in [1.29, 1.82) is 0 Å². The number of hydrogen-bond donors (Lipinski definition) is 2. The van der Waals surface area contributed by atoms with Crippen molar-refractivity contribution in [3.05, 3.63) is 70.4 Å². The molecule has 6 nitrogen and oxygen atoms in total. The summed E-state index contributed by atoms with van der Waals surface area (Å²) in [5, 5.41) is 10.8. The molecule has 1 atom stereocenters. The van der Waals surface area contributed by atoms with Gasteiger partial charge in [0.05, 0.1) is 11.9 Å². The van der Waals surface area contributed by atoms with Gasteiger partial charge in [-0.3, -0.25) is 9.59 Å². The second-order valence-corrected chi connectivity index (χ2v) is 7.37. The van der Waals surface area contributed by atoms with Gasteiger partial charge in [0.1, 0.15) is 11.2 Å². The molecule has 0 saturated heterocycles. The molecule has 134 valence electrons. The molecule has 1 spiro atoms. The van der Waals surface area contributed by atoms with E-state index in [1.165, 1.54) is 0 Å². The summed E-state index contributed by atoms with van der Waals surface area (Å²) in [7, 11) is 0. The van der Waals surface area contributed by atoms with Gasteiger partial charge in [-0.25, -0.2) is 4.68 Å². The molecule has 3 heterocycles. The molecule has 2 aliphatic rings. The van der Waals surface area contributed by atoms with Gasteiger partial charge in [0.2, 0.25) is 11.8 Å². The number of amides is 2. The van der Waals surface area contributed by atoms with Gasteiger partial charge in [0.15, 0.2) is 0 Å². The Labute approximate surface area is 160 Å². The summed E-state index contributed by atoms with van der Waals surface area (Å²) in [5.74, 6) is 0.0682. The number of nitrogens with one attached hydrogen (secondary N) is 2. The Kier molecular flexibility index (Phi) is 3.24. The number of carbonyl (C=O) groups excluding carboxylic acids is 2. The van der Waals surface area contributed by atoms with Crippen molar-refractivity contribution in [3.8, 4) is 5.69 Å². The smallest absolute Gasteiger partial charge is 0.240 e. The minimum Gasteiger partial charge on any atom is -0.325 e. The van der Waals surface area contributed by atoms with Crippen LogP contribution < -0.4 is 10.6 Å². The number of aryl methyl sites for hydroxylation is 1. The lowest BCUT2D eigenvalue weighted by Gasteiger charge is -2.31. The number of benzene rings is 2. The number of hydrogen-bond acceptors (Lipinski definition) is 3. The third-order valence-corrected chi connectivity index (χ3v) is 5.47. The third kappa shape index (κ3) is 2.16. The second kappa shape index (κ2) is 5.44. The molecule has 5 rings (SSSR count). The molecular formula is C20H15ClN4O2. The van der Waals surface area contributed by atoms with Crippen LogP contribution in [0.1, 0.15) is 23.1 Å². The first-order valence-electron chi connectivity index (χ1n) is 8.56. The maximum Gasteiger partial charge on any atom is 0.240 e. The summed E-state index contributed by atoms with van der Waals surface area (Å²) in [4.78, 5) is 25.7. The highest BCUT2D eigenvalue weighted by molar-refractivity contribution is 6.30. The number of carbonyl (C=O) groups is 2. The highest BCUT2D eigenvalue weighted by Gasteiger charge is 2.54. The van der Waals surface area contributed by atoms with Crippen LogP contribution in [0.15, 0.2) is 48.7 Å². The van der Waals surface area contributed by atoms with Gasteiger partial charge in [0.25, 0.3) is 0 Å². The van der Waals surface area contributed by atoms with Crippen LogP contribution in [-0.2, 0) is 15.0 Å². The largest absolute Gasteiger partial charge is 0.325 e. The number of nitrogens with zero attached hydrogens (tertiary/aromatic N) is 2. The summed E-state index contributed by atoms with van der Waals surface area (Å²) in [6, 6.07) is 13.0. The summed E-state index contributed by atoms with van der Waals surface area (Å²) in [6.07, 6.45) is 1.70. The van der Waals surface area contributed by atoms with Crippen molar-refractivity contribution in [3.63, 3.8) is 0 Å². The van der Waals surface area contributed by atoms with E-state index in [0.29, 0.717) is 22.1 Å². The first-order valence-corrected chi connectivity index (χ1v) is 8.94. The van der Waals surface area contributed by atoms with Gasteiger partial charge >= 0.3 is 0 Å². The topological polar surface area (TPSA) is 76.0 Å². The van der Waals surface area contributed by atoms with E-state index in [4.69, 9.17) is 11.6 Å². The highest BCUT2D eigenvalue weighted by atomic mass is 35.5. The number of anilines is 2. The SMILES string of the molecule is Cc1ccc2c(c1)C1(CC(=O)Nc3c1cnn3-c1cccc(Cl)c1)C(=O)N2. The van der Waals surface area contributed by atoms with E-state index in [-0.39, 0.29) is 18.2 Å². The molecule has 27 heavy (non-hydrogen) atoms. The summed E-state index contributed by atoms with van der Waals surface area (Å²) >= 11 is 6.11. The molecule has 0 bridgehead atoms.